The van der Waals surface area contributed by atoms with Crippen molar-refractivity contribution >= 4 is 88.7 Å². The van der Waals surface area contributed by atoms with E-state index in [1.807, 2.05) is 6.07 Å². The van der Waals surface area contributed by atoms with Gasteiger partial charge in [0.25, 0.3) is 0 Å². The number of primary amides is 1. The van der Waals surface area contributed by atoms with Crippen molar-refractivity contribution in [1.29, 1.82) is 0 Å². The number of benzene rings is 2. The third-order valence-electron chi connectivity index (χ3n) is 14.2. The number of aliphatic hydroxyl groups is 1. The van der Waals surface area contributed by atoms with Gasteiger partial charge in [-0.1, -0.05) is 70.2 Å². The fraction of sp³-hybridized carbons (Fsp3) is 0.569. The highest BCUT2D eigenvalue weighted by molar-refractivity contribution is 7.98. The van der Waals surface area contributed by atoms with Gasteiger partial charge in [0, 0.05) is 19.5 Å². The van der Waals surface area contributed by atoms with Crippen molar-refractivity contribution in [2.45, 2.75) is 166 Å². The maximum atomic E-state index is 14.4. The smallest absolute Gasteiger partial charge is 0.325 e. The average Bonchev–Trinajstić information content (AvgIpc) is 2.54. The number of hydrogen-bond donors (Lipinski definition) is 16. The molecule has 20 N–H and O–H groups in total. The maximum absolute atomic E-state index is 14.4. The Balaban J connectivity index is 1.83. The van der Waals surface area contributed by atoms with Crippen LogP contribution in [0.2, 0.25) is 0 Å². The number of hydrogen-bond acceptors (Lipinski definition) is 17. The molecule has 11 atom stereocenters. The molecule has 2 aromatic rings. The quantitative estimate of drug-likeness (QED) is 0.0176. The number of aliphatic carboxylic acids is 1. The van der Waals surface area contributed by atoms with E-state index in [9.17, 15) is 67.7 Å². The van der Waals surface area contributed by atoms with E-state index in [1.54, 1.807) is 70.3 Å². The van der Waals surface area contributed by atoms with Crippen LogP contribution in [0, 0.1) is 11.8 Å². The van der Waals surface area contributed by atoms with Crippen molar-refractivity contribution in [3.05, 3.63) is 65.7 Å². The van der Waals surface area contributed by atoms with Gasteiger partial charge in [-0.25, -0.2) is 0 Å². The van der Waals surface area contributed by atoms with Crippen molar-refractivity contribution in [3.63, 3.8) is 0 Å². The van der Waals surface area contributed by atoms with Gasteiger partial charge in [0.1, 0.15) is 66.2 Å². The number of nitrogens with two attached hydrogens (primary N) is 4. The number of amides is 11. The zero-order valence-electron chi connectivity index (χ0n) is 51.2. The van der Waals surface area contributed by atoms with Crippen molar-refractivity contribution in [2.75, 3.05) is 31.7 Å². The van der Waals surface area contributed by atoms with Crippen molar-refractivity contribution < 1.29 is 72.9 Å². The summed E-state index contributed by atoms with van der Waals surface area (Å²) in [6.45, 7) is 8.17. The van der Waals surface area contributed by atoms with Gasteiger partial charge in [-0.15, -0.1) is 0 Å². The summed E-state index contributed by atoms with van der Waals surface area (Å²) in [5.41, 5.74) is 24.2. The standard InChI is InChI=1S/C58H89N15O15S/c1-30(2)25-40(51(81)71-43(29-74)53(83)70-42(28-45(60)76)56(86)73-23-12-16-44(73)54(84)64-32(5)47(77)65-33(6)57(87)88)69-55(85)46(31(3)4)72-50(80)39(21-24-89-7)67-49(79)38(15-11-22-63-58(61)62)66-52(82)41(27-35-17-19-36(75)20-18-35)68-48(78)37(59)26-34-13-9-8-10-14-34/h8-10,13-14,17-20,30-33,37-44,46,74-75H,11-12,15-16,21-29,59H2,1-7H3,(H2,60,76)(H,64,84)(H,65,77)(H,66,82)(H,67,79)(H,68,78)(H,69,85)(H,70,83)(H,71,81)(H,72,80)(H,87,88)(H4,61,62,63)/t32-,33-,37-,38-,39-,40-,41-,42-,43-,44-,46-/m0/s1. The Morgan fingerprint density at radius 3 is 1.73 bits per heavy atom. The summed E-state index contributed by atoms with van der Waals surface area (Å²) in [5, 5.41) is 52.3. The second kappa shape index (κ2) is 37.3. The lowest BCUT2D eigenvalue weighted by atomic mass is 9.99. The van der Waals surface area contributed by atoms with Crippen molar-refractivity contribution in [1.82, 2.24) is 52.8 Å². The number of rotatable bonds is 37. The number of aliphatic imine (C=N–C) groups is 1. The Bertz CT molecular complexity index is 2790. The fourth-order valence-corrected chi connectivity index (χ4v) is 9.78. The number of carboxylic acids is 1. The number of nitrogens with one attached hydrogen (secondary N) is 9. The van der Waals surface area contributed by atoms with Crippen LogP contribution in [0.5, 0.6) is 5.75 Å². The summed E-state index contributed by atoms with van der Waals surface area (Å²) in [6.07, 6.45) is 1.50. The minimum absolute atomic E-state index is 0.0234. The molecule has 1 fully saturated rings. The van der Waals surface area contributed by atoms with Gasteiger partial charge in [0.05, 0.1) is 19.1 Å². The van der Waals surface area contributed by atoms with Crippen LogP contribution >= 0.6 is 11.8 Å². The normalized spacial score (nSPS) is 16.2. The number of thioether (sulfide) groups is 1. The molecular formula is C58H89N15O15S. The minimum Gasteiger partial charge on any atom is -0.508 e. The molecule has 0 bridgehead atoms. The molecule has 31 heteroatoms. The minimum atomic E-state index is -1.80. The lowest BCUT2D eigenvalue weighted by molar-refractivity contribution is -0.144. The molecule has 0 aromatic heterocycles. The first-order valence-electron chi connectivity index (χ1n) is 29.2. The predicted octanol–water partition coefficient (Wildman–Crippen LogP) is -3.64. The number of phenolic OH excluding ortho intramolecular Hbond substituents is 1. The molecular weight excluding hydrogens is 1180 g/mol. The van der Waals surface area contributed by atoms with Crippen LogP contribution in [0.4, 0.5) is 0 Å². The molecule has 2 aromatic carbocycles. The second-order valence-electron chi connectivity index (χ2n) is 22.5. The van der Waals surface area contributed by atoms with Gasteiger partial charge >= 0.3 is 5.97 Å². The highest BCUT2D eigenvalue weighted by atomic mass is 32.2. The summed E-state index contributed by atoms with van der Waals surface area (Å²) in [7, 11) is 0. The topological polar surface area (TPSA) is 493 Å². The number of likely N-dealkylation sites (tertiary alicyclic amines) is 1. The highest BCUT2D eigenvalue weighted by Gasteiger charge is 2.41. The van der Waals surface area contributed by atoms with E-state index in [2.05, 4.69) is 52.8 Å². The first-order valence-corrected chi connectivity index (χ1v) is 30.6. The van der Waals surface area contributed by atoms with Gasteiger partial charge < -0.3 is 91.0 Å². The number of carbonyl (C=O) groups excluding carboxylic acids is 11. The fourth-order valence-electron chi connectivity index (χ4n) is 9.31. The van der Waals surface area contributed by atoms with Crippen LogP contribution in [-0.4, -0.2) is 195 Å². The largest absolute Gasteiger partial charge is 0.508 e. The molecule has 1 heterocycles. The molecule has 0 spiro atoms. The maximum Gasteiger partial charge on any atom is 0.325 e. The summed E-state index contributed by atoms with van der Waals surface area (Å²) in [6, 6.07) is -0.137. The van der Waals surface area contributed by atoms with Gasteiger partial charge in [-0.3, -0.25) is 62.5 Å². The molecule has 30 nitrogen and oxygen atoms in total. The lowest BCUT2D eigenvalue weighted by Gasteiger charge is -2.30. The van der Waals surface area contributed by atoms with Gasteiger partial charge in [-0.2, -0.15) is 11.8 Å². The SMILES string of the molecule is CSCC[C@H](NC(=O)[C@H](CCCN=C(N)N)NC(=O)[C@H](Cc1ccc(O)cc1)NC(=O)[C@@H](N)Cc1ccccc1)C(=O)N[C@H](C(=O)N[C@@H](CC(C)C)C(=O)N[C@@H](CO)C(=O)N[C@@H](CC(N)=O)C(=O)N1CCC[C@H]1C(=O)N[C@@H](C)C(=O)N[C@@H](C)C(=O)O)C(C)C. The summed E-state index contributed by atoms with van der Waals surface area (Å²) in [5.74, 6) is -11.9. The Labute approximate surface area is 521 Å². The van der Waals surface area contributed by atoms with E-state index in [4.69, 9.17) is 28.0 Å². The summed E-state index contributed by atoms with van der Waals surface area (Å²) < 4.78 is 0. The monoisotopic (exact) mass is 1270 g/mol. The Morgan fingerprint density at radius 1 is 0.618 bits per heavy atom. The van der Waals surface area contributed by atoms with Gasteiger partial charge in [0.15, 0.2) is 5.96 Å². The first-order chi connectivity index (χ1) is 42.0. The molecule has 0 unspecified atom stereocenters. The molecule has 492 valence electrons. The average molecular weight is 1270 g/mol. The molecule has 11 amide bonds. The Hall–Kier alpha value is -8.58. The summed E-state index contributed by atoms with van der Waals surface area (Å²) >= 11 is 1.35. The van der Waals surface area contributed by atoms with Gasteiger partial charge in [0.2, 0.25) is 65.0 Å². The van der Waals surface area contributed by atoms with E-state index >= 15 is 0 Å². The molecule has 1 aliphatic rings. The third kappa shape index (κ3) is 25.6. The van der Waals surface area contributed by atoms with Crippen LogP contribution in [0.1, 0.15) is 97.6 Å². The second-order valence-corrected chi connectivity index (χ2v) is 23.5. The van der Waals surface area contributed by atoms with Crippen LogP contribution in [-0.2, 0) is 70.4 Å². The number of carbonyl (C=O) groups is 12. The van der Waals surface area contributed by atoms with E-state index in [1.165, 1.54) is 37.7 Å². The number of aromatic hydroxyl groups is 1. The first kappa shape index (κ1) is 74.7. The lowest BCUT2D eigenvalue weighted by Crippen LogP contribution is -2.62. The van der Waals surface area contributed by atoms with Gasteiger partial charge in [-0.05, 0) is 106 Å². The Kier molecular flexibility index (Phi) is 31.3. The summed E-state index contributed by atoms with van der Waals surface area (Å²) in [4.78, 5) is 167. The molecule has 0 radical (unpaired) electrons. The number of nitrogens with zero attached hydrogens (tertiary/aromatic N) is 2. The van der Waals surface area contributed by atoms with E-state index in [0.29, 0.717) is 17.7 Å². The Morgan fingerprint density at radius 2 is 1.16 bits per heavy atom. The molecule has 0 aliphatic carbocycles. The molecule has 89 heavy (non-hydrogen) atoms. The highest BCUT2D eigenvalue weighted by Crippen LogP contribution is 2.21. The number of phenols is 1. The molecule has 3 rings (SSSR count). The van der Waals surface area contributed by atoms with E-state index < -0.39 is 156 Å². The van der Waals surface area contributed by atoms with Crippen LogP contribution in [0.3, 0.4) is 0 Å². The number of guanidine groups is 1. The number of carboxylic acid groups (broad SMARTS) is 1. The third-order valence-corrected chi connectivity index (χ3v) is 14.9. The molecule has 1 aliphatic heterocycles. The predicted molar refractivity (Wildman–Crippen MR) is 329 cm³/mol. The van der Waals surface area contributed by atoms with Crippen LogP contribution in [0.15, 0.2) is 59.6 Å². The van der Waals surface area contributed by atoms with Crippen molar-refractivity contribution in [2.24, 2.45) is 39.8 Å². The van der Waals surface area contributed by atoms with E-state index in [0.717, 1.165) is 10.5 Å². The zero-order valence-corrected chi connectivity index (χ0v) is 52.1. The van der Waals surface area contributed by atoms with E-state index in [-0.39, 0.29) is 75.7 Å². The van der Waals surface area contributed by atoms with Crippen molar-refractivity contribution in [3.8, 4) is 5.75 Å². The van der Waals surface area contributed by atoms with Crippen LogP contribution < -0.4 is 70.8 Å². The molecule has 1 saturated heterocycles. The van der Waals surface area contributed by atoms with Crippen LogP contribution in [0.25, 0.3) is 0 Å². The number of aliphatic hydroxyl groups excluding tert-OH is 1. The molecule has 0 saturated carbocycles. The zero-order chi connectivity index (χ0) is 66.7.